The molecule has 0 aliphatic carbocycles. The molecule has 0 saturated heterocycles. The van der Waals surface area contributed by atoms with Crippen LogP contribution in [-0.2, 0) is 0 Å². The van der Waals surface area contributed by atoms with Gasteiger partial charge in [0.05, 0.1) is 6.21 Å². The number of nitrogens with one attached hydrogen (secondary N) is 1. The highest BCUT2D eigenvalue weighted by Gasteiger charge is 2.07. The van der Waals surface area contributed by atoms with Crippen LogP contribution >= 0.6 is 0 Å². The van der Waals surface area contributed by atoms with Gasteiger partial charge in [0.2, 0.25) is 0 Å². The first-order valence-electron chi connectivity index (χ1n) is 8.20. The van der Waals surface area contributed by atoms with Crippen LogP contribution in [0.5, 0.6) is 0 Å². The smallest absolute Gasteiger partial charge is 0.271 e. The molecule has 0 fully saturated rings. The van der Waals surface area contributed by atoms with Crippen molar-refractivity contribution in [1.82, 2.24) is 9.99 Å². The molecule has 0 bridgehead atoms. The quantitative estimate of drug-likeness (QED) is 0.566. The predicted molar refractivity (Wildman–Crippen MR) is 101 cm³/mol. The van der Waals surface area contributed by atoms with Gasteiger partial charge in [-0.1, -0.05) is 29.8 Å². The maximum atomic E-state index is 12.2. The van der Waals surface area contributed by atoms with Gasteiger partial charge < -0.3 is 4.57 Å². The molecule has 0 unspecified atom stereocenters. The third-order valence-electron chi connectivity index (χ3n) is 4.12. The first-order valence-corrected chi connectivity index (χ1v) is 8.20. The lowest BCUT2D eigenvalue weighted by Gasteiger charge is -2.10. The van der Waals surface area contributed by atoms with Gasteiger partial charge in [-0.25, -0.2) is 5.43 Å². The second-order valence-corrected chi connectivity index (χ2v) is 6.11. The fourth-order valence-electron chi connectivity index (χ4n) is 2.72. The van der Waals surface area contributed by atoms with Crippen molar-refractivity contribution in [2.45, 2.75) is 20.8 Å². The molecule has 1 aromatic heterocycles. The van der Waals surface area contributed by atoms with Crippen LogP contribution < -0.4 is 5.43 Å². The average Bonchev–Trinajstić information content (AvgIpc) is 2.95. The molecular formula is C21H21N3O. The standard InChI is InChI=1S/C21H21N3O/c1-15-4-8-18(9-5-15)14-22-23-21(25)19-10-12-20(13-11-19)24-16(2)6-7-17(24)3/h4-14H,1-3H3,(H,23,25)/b22-14+. The zero-order valence-electron chi connectivity index (χ0n) is 14.7. The van der Waals surface area contributed by atoms with Crippen LogP contribution in [0.15, 0.2) is 65.8 Å². The van der Waals surface area contributed by atoms with Gasteiger partial charge in [-0.3, -0.25) is 4.79 Å². The van der Waals surface area contributed by atoms with E-state index in [1.165, 1.54) is 5.56 Å². The monoisotopic (exact) mass is 331 g/mol. The Hall–Kier alpha value is -3.14. The Kier molecular flexibility index (Phi) is 4.80. The van der Waals surface area contributed by atoms with Gasteiger partial charge in [-0.15, -0.1) is 0 Å². The molecule has 0 spiro atoms. The van der Waals surface area contributed by atoms with Crippen molar-refractivity contribution in [3.05, 3.63) is 88.7 Å². The lowest BCUT2D eigenvalue weighted by Crippen LogP contribution is -2.17. The minimum atomic E-state index is -0.226. The van der Waals surface area contributed by atoms with Crippen molar-refractivity contribution in [2.24, 2.45) is 5.10 Å². The summed E-state index contributed by atoms with van der Waals surface area (Å²) in [7, 11) is 0. The lowest BCUT2D eigenvalue weighted by molar-refractivity contribution is 0.0955. The molecule has 0 atom stereocenters. The van der Waals surface area contributed by atoms with E-state index < -0.39 is 0 Å². The van der Waals surface area contributed by atoms with Gasteiger partial charge >= 0.3 is 0 Å². The van der Waals surface area contributed by atoms with Crippen LogP contribution in [0.2, 0.25) is 0 Å². The molecule has 25 heavy (non-hydrogen) atoms. The van der Waals surface area contributed by atoms with E-state index in [1.54, 1.807) is 6.21 Å². The Balaban J connectivity index is 1.68. The van der Waals surface area contributed by atoms with Crippen molar-refractivity contribution < 1.29 is 4.79 Å². The summed E-state index contributed by atoms with van der Waals surface area (Å²) >= 11 is 0. The molecule has 2 aromatic carbocycles. The summed E-state index contributed by atoms with van der Waals surface area (Å²) < 4.78 is 2.15. The van der Waals surface area contributed by atoms with Gasteiger partial charge in [0.1, 0.15) is 0 Å². The number of rotatable bonds is 4. The van der Waals surface area contributed by atoms with Crippen molar-refractivity contribution in [3.63, 3.8) is 0 Å². The van der Waals surface area contributed by atoms with Crippen molar-refractivity contribution >= 4 is 12.1 Å². The zero-order chi connectivity index (χ0) is 17.8. The maximum absolute atomic E-state index is 12.2. The predicted octanol–water partition coefficient (Wildman–Crippen LogP) is 4.17. The minimum absolute atomic E-state index is 0.226. The van der Waals surface area contributed by atoms with Gasteiger partial charge in [-0.2, -0.15) is 5.10 Å². The fraction of sp³-hybridized carbons (Fsp3) is 0.143. The number of aromatic nitrogens is 1. The summed E-state index contributed by atoms with van der Waals surface area (Å²) in [6.45, 7) is 6.16. The topological polar surface area (TPSA) is 46.4 Å². The maximum Gasteiger partial charge on any atom is 0.271 e. The third-order valence-corrected chi connectivity index (χ3v) is 4.12. The largest absolute Gasteiger partial charge is 0.319 e. The summed E-state index contributed by atoms with van der Waals surface area (Å²) in [5, 5.41) is 4.02. The molecule has 3 rings (SSSR count). The van der Waals surface area contributed by atoms with E-state index in [1.807, 2.05) is 55.5 Å². The SMILES string of the molecule is Cc1ccc(/C=N/NC(=O)c2ccc(-n3c(C)ccc3C)cc2)cc1. The van der Waals surface area contributed by atoms with E-state index in [4.69, 9.17) is 0 Å². The number of hydrazone groups is 1. The van der Waals surface area contributed by atoms with Gasteiger partial charge in [0.15, 0.2) is 0 Å². The summed E-state index contributed by atoms with van der Waals surface area (Å²) in [6.07, 6.45) is 1.64. The van der Waals surface area contributed by atoms with E-state index in [2.05, 4.69) is 41.1 Å². The highest BCUT2D eigenvalue weighted by molar-refractivity contribution is 5.95. The minimum Gasteiger partial charge on any atom is -0.319 e. The van der Waals surface area contributed by atoms with Crippen molar-refractivity contribution in [3.8, 4) is 5.69 Å². The molecule has 1 heterocycles. The third kappa shape index (κ3) is 3.86. The van der Waals surface area contributed by atoms with Gasteiger partial charge in [0, 0.05) is 22.6 Å². The van der Waals surface area contributed by atoms with Crippen molar-refractivity contribution in [2.75, 3.05) is 0 Å². The number of aryl methyl sites for hydroxylation is 3. The summed E-state index contributed by atoms with van der Waals surface area (Å²) in [4.78, 5) is 12.2. The molecule has 3 aromatic rings. The van der Waals surface area contributed by atoms with Crippen LogP contribution in [0.4, 0.5) is 0 Å². The van der Waals surface area contributed by atoms with Crippen LogP contribution in [0.3, 0.4) is 0 Å². The van der Waals surface area contributed by atoms with Gasteiger partial charge in [0.25, 0.3) is 5.91 Å². The number of nitrogens with zero attached hydrogens (tertiary/aromatic N) is 2. The van der Waals surface area contributed by atoms with E-state index >= 15 is 0 Å². The fourth-order valence-corrected chi connectivity index (χ4v) is 2.72. The van der Waals surface area contributed by atoms with Crippen LogP contribution in [0.25, 0.3) is 5.69 Å². The molecule has 0 aliphatic heterocycles. The highest BCUT2D eigenvalue weighted by Crippen LogP contribution is 2.16. The summed E-state index contributed by atoms with van der Waals surface area (Å²) in [6, 6.07) is 19.6. The van der Waals surface area contributed by atoms with Crippen LogP contribution in [0.1, 0.15) is 32.9 Å². The molecule has 0 aliphatic rings. The zero-order valence-corrected chi connectivity index (χ0v) is 14.7. The summed E-state index contributed by atoms with van der Waals surface area (Å²) in [5.74, 6) is -0.226. The average molecular weight is 331 g/mol. The number of carbonyl (C=O) groups excluding carboxylic acids is 1. The van der Waals surface area contributed by atoms with E-state index in [9.17, 15) is 4.79 Å². The Labute approximate surface area is 147 Å². The van der Waals surface area contributed by atoms with Gasteiger partial charge in [-0.05, 0) is 62.7 Å². The first kappa shape index (κ1) is 16.7. The number of hydrogen-bond acceptors (Lipinski definition) is 2. The van der Waals surface area contributed by atoms with E-state index in [0.717, 1.165) is 22.6 Å². The lowest BCUT2D eigenvalue weighted by atomic mass is 10.2. The Morgan fingerprint density at radius 3 is 2.08 bits per heavy atom. The van der Waals surface area contributed by atoms with Crippen molar-refractivity contribution in [1.29, 1.82) is 0 Å². The molecule has 4 heteroatoms. The van der Waals surface area contributed by atoms with Crippen LogP contribution in [0, 0.1) is 20.8 Å². The number of carbonyl (C=O) groups is 1. The number of benzene rings is 2. The Bertz CT molecular complexity index is 884. The molecule has 0 saturated carbocycles. The molecule has 4 nitrogen and oxygen atoms in total. The second-order valence-electron chi connectivity index (χ2n) is 6.11. The Morgan fingerprint density at radius 2 is 1.48 bits per heavy atom. The normalized spacial score (nSPS) is 11.0. The van der Waals surface area contributed by atoms with Crippen LogP contribution in [-0.4, -0.2) is 16.7 Å². The molecule has 0 radical (unpaired) electrons. The number of amides is 1. The molecule has 126 valence electrons. The second kappa shape index (κ2) is 7.18. The molecule has 1 amide bonds. The molecular weight excluding hydrogens is 310 g/mol. The highest BCUT2D eigenvalue weighted by atomic mass is 16.2. The first-order chi connectivity index (χ1) is 12.0. The number of hydrogen-bond donors (Lipinski definition) is 1. The molecule has 1 N–H and O–H groups in total. The Morgan fingerprint density at radius 1 is 0.880 bits per heavy atom. The van der Waals surface area contributed by atoms with E-state index in [-0.39, 0.29) is 5.91 Å². The van der Waals surface area contributed by atoms with E-state index in [0.29, 0.717) is 5.56 Å². The summed E-state index contributed by atoms with van der Waals surface area (Å²) in [5.41, 5.74) is 8.64.